The maximum absolute atomic E-state index is 12.5. The predicted octanol–water partition coefficient (Wildman–Crippen LogP) is 2.11. The number of esters is 1. The first-order chi connectivity index (χ1) is 16.8. The van der Waals surface area contributed by atoms with Crippen molar-refractivity contribution in [2.24, 2.45) is 5.92 Å². The minimum absolute atomic E-state index is 0.00956. The summed E-state index contributed by atoms with van der Waals surface area (Å²) in [5.74, 6) is -3.27. The van der Waals surface area contributed by atoms with Gasteiger partial charge in [-0.2, -0.15) is 0 Å². The van der Waals surface area contributed by atoms with Crippen molar-refractivity contribution >= 4 is 5.97 Å². The van der Waals surface area contributed by atoms with Crippen LogP contribution in [0.5, 0.6) is 23.0 Å². The molecule has 0 radical (unpaired) electrons. The van der Waals surface area contributed by atoms with Crippen molar-refractivity contribution in [1.29, 1.82) is 0 Å². The van der Waals surface area contributed by atoms with E-state index in [0.717, 1.165) is 6.07 Å². The zero-order valence-electron chi connectivity index (χ0n) is 23.6. The minimum atomic E-state index is -2.91. The molecule has 1 aliphatic heterocycles. The molecule has 0 aliphatic carbocycles. The van der Waals surface area contributed by atoms with Gasteiger partial charge in [0, 0.05) is 12.3 Å². The quantitative estimate of drug-likeness (QED) is 0.691. The molecule has 3 rings (SSSR count). The van der Waals surface area contributed by atoms with Gasteiger partial charge >= 0.3 is 5.97 Å². The van der Waals surface area contributed by atoms with E-state index in [0.29, 0.717) is 5.56 Å². The largest absolute Gasteiger partial charge is 0.504 e. The maximum Gasteiger partial charge on any atom is 0.338 e. The van der Waals surface area contributed by atoms with Crippen molar-refractivity contribution in [3.8, 4) is 23.0 Å². The molecule has 2 aromatic rings. The lowest BCUT2D eigenvalue weighted by Crippen LogP contribution is -2.44. The molecule has 0 saturated carbocycles. The molecular formula is C21H24O7. The van der Waals surface area contributed by atoms with Crippen LogP contribution >= 0.6 is 0 Å². The van der Waals surface area contributed by atoms with Gasteiger partial charge in [0.25, 0.3) is 0 Å². The zero-order valence-corrected chi connectivity index (χ0v) is 14.6. The third-order valence-electron chi connectivity index (χ3n) is 4.76. The molecule has 2 N–H and O–H groups in total. The first kappa shape index (κ1) is 11.2. The van der Waals surface area contributed by atoms with E-state index in [9.17, 15) is 15.0 Å². The average Bonchev–Trinajstić information content (AvgIpc) is 2.97. The SMILES string of the molecule is [2H]C([2H])([2H])Oc1cc(CC2(O)C(=O)OCC2Cc2ccc(OC([2H])([2H])[2H])c(OC([2H])([2H])[2H])c2)ccc1O. The maximum atomic E-state index is 12.5. The van der Waals surface area contributed by atoms with E-state index >= 15 is 0 Å². The van der Waals surface area contributed by atoms with E-state index in [1.54, 1.807) is 0 Å². The molecule has 0 aromatic heterocycles. The molecule has 7 nitrogen and oxygen atoms in total. The van der Waals surface area contributed by atoms with Crippen LogP contribution in [-0.2, 0) is 22.4 Å². The van der Waals surface area contributed by atoms with Crippen LogP contribution in [0.4, 0.5) is 0 Å². The summed E-state index contributed by atoms with van der Waals surface area (Å²) in [6.07, 6.45) is -0.322. The lowest BCUT2D eigenvalue weighted by atomic mass is 9.81. The van der Waals surface area contributed by atoms with Crippen molar-refractivity contribution in [3.63, 3.8) is 0 Å². The summed E-state index contributed by atoms with van der Waals surface area (Å²) in [5.41, 5.74) is -1.40. The fraction of sp³-hybridized carbons (Fsp3) is 0.381. The average molecular weight is 397 g/mol. The Bertz CT molecular complexity index is 1140. The van der Waals surface area contributed by atoms with Gasteiger partial charge in [-0.3, -0.25) is 0 Å². The number of phenolic OH excluding ortho intramolecular Hbond substituents is 1. The molecule has 150 valence electrons. The fourth-order valence-electron chi connectivity index (χ4n) is 3.24. The minimum Gasteiger partial charge on any atom is -0.504 e. The highest BCUT2D eigenvalue weighted by Gasteiger charge is 2.51. The Kier molecular flexibility index (Phi) is 3.18. The standard InChI is InChI=1S/C21H24O7/c1-25-17-7-5-13(9-19(17)27-3)8-15-12-28-20(23)21(15,24)11-14-4-6-16(22)18(10-14)26-2/h4-7,9-10,15,22,24H,8,11-12H2,1-3H3/i1D3,2D3,3D3. The highest BCUT2D eigenvalue weighted by atomic mass is 16.6. The fourth-order valence-corrected chi connectivity index (χ4v) is 3.24. The van der Waals surface area contributed by atoms with Gasteiger partial charge in [-0.15, -0.1) is 0 Å². The van der Waals surface area contributed by atoms with Gasteiger partial charge in [-0.1, -0.05) is 12.1 Å². The molecule has 7 heteroatoms. The molecule has 0 bridgehead atoms. The van der Waals surface area contributed by atoms with E-state index in [4.69, 9.17) is 31.3 Å². The summed E-state index contributed by atoms with van der Waals surface area (Å²) in [5, 5.41) is 21.2. The summed E-state index contributed by atoms with van der Waals surface area (Å²) in [6, 6.07) is 7.60. The van der Waals surface area contributed by atoms with Gasteiger partial charge in [0.05, 0.1) is 40.1 Å². The number of aliphatic hydroxyl groups is 1. The van der Waals surface area contributed by atoms with Gasteiger partial charge in [0.1, 0.15) is 0 Å². The highest BCUT2D eigenvalue weighted by molar-refractivity contribution is 5.82. The first-order valence-corrected chi connectivity index (χ1v) is 8.26. The van der Waals surface area contributed by atoms with Gasteiger partial charge in [-0.05, 0) is 41.8 Å². The van der Waals surface area contributed by atoms with Gasteiger partial charge in [-0.25, -0.2) is 4.79 Å². The Morgan fingerprint density at radius 2 is 1.75 bits per heavy atom. The molecule has 1 saturated heterocycles. The van der Waals surface area contributed by atoms with E-state index in [-0.39, 0.29) is 42.3 Å². The van der Waals surface area contributed by atoms with Crippen molar-refractivity contribution < 1.29 is 46.3 Å². The molecule has 2 unspecified atom stereocenters. The van der Waals surface area contributed by atoms with Crippen LogP contribution in [0.1, 0.15) is 23.5 Å². The highest BCUT2D eigenvalue weighted by Crippen LogP contribution is 2.36. The van der Waals surface area contributed by atoms with Crippen LogP contribution in [0.2, 0.25) is 0 Å². The van der Waals surface area contributed by atoms with Crippen LogP contribution in [-0.4, -0.2) is 49.5 Å². The number of hydrogen-bond donors (Lipinski definition) is 2. The van der Waals surface area contributed by atoms with Crippen LogP contribution in [0.15, 0.2) is 36.4 Å². The van der Waals surface area contributed by atoms with Gasteiger partial charge in [0.2, 0.25) is 0 Å². The number of ether oxygens (including phenoxy) is 4. The third-order valence-corrected chi connectivity index (χ3v) is 4.76. The molecule has 28 heavy (non-hydrogen) atoms. The van der Waals surface area contributed by atoms with Crippen LogP contribution in [0.25, 0.3) is 0 Å². The van der Waals surface area contributed by atoms with Gasteiger partial charge < -0.3 is 29.2 Å². The van der Waals surface area contributed by atoms with E-state index in [1.807, 2.05) is 0 Å². The third kappa shape index (κ3) is 3.71. The van der Waals surface area contributed by atoms with Crippen LogP contribution in [0, 0.1) is 5.92 Å². The number of hydrogen-bond acceptors (Lipinski definition) is 7. The van der Waals surface area contributed by atoms with E-state index < -0.39 is 44.4 Å². The molecule has 1 heterocycles. The first-order valence-electron chi connectivity index (χ1n) is 12.8. The summed E-state index contributed by atoms with van der Waals surface area (Å²) in [4.78, 5) is 12.5. The summed E-state index contributed by atoms with van der Waals surface area (Å²) in [7, 11) is -8.62. The number of rotatable bonds is 7. The zero-order chi connectivity index (χ0) is 27.8. The monoisotopic (exact) mass is 397 g/mol. The van der Waals surface area contributed by atoms with Gasteiger partial charge in [0.15, 0.2) is 28.6 Å². The number of carbonyl (C=O) groups is 1. The summed E-state index contributed by atoms with van der Waals surface area (Å²) >= 11 is 0. The van der Waals surface area contributed by atoms with E-state index in [1.165, 1.54) is 30.3 Å². The lowest BCUT2D eigenvalue weighted by Gasteiger charge is -2.26. The number of cyclic esters (lactones) is 1. The molecule has 1 aliphatic rings. The number of benzene rings is 2. The van der Waals surface area contributed by atoms with Crippen molar-refractivity contribution in [3.05, 3.63) is 47.5 Å². The summed E-state index contributed by atoms with van der Waals surface area (Å²) < 4.78 is 85.0. The molecular weight excluding hydrogens is 364 g/mol. The number of aromatic hydroxyl groups is 1. The molecule has 2 atom stereocenters. The second-order valence-electron chi connectivity index (χ2n) is 6.49. The summed E-state index contributed by atoms with van der Waals surface area (Å²) in [6.45, 7) is -0.185. The second kappa shape index (κ2) is 7.98. The number of phenols is 1. The second-order valence-corrected chi connectivity index (χ2v) is 6.49. The Hall–Kier alpha value is -2.93. The topological polar surface area (TPSA) is 94.5 Å². The van der Waals surface area contributed by atoms with Crippen LogP contribution in [0.3, 0.4) is 0 Å². The smallest absolute Gasteiger partial charge is 0.338 e. The van der Waals surface area contributed by atoms with E-state index in [2.05, 4.69) is 0 Å². The number of carbonyl (C=O) groups excluding carboxylic acids is 1. The Morgan fingerprint density at radius 3 is 2.54 bits per heavy atom. The molecule has 0 amide bonds. The Morgan fingerprint density at radius 1 is 1.07 bits per heavy atom. The molecule has 1 fully saturated rings. The molecule has 2 aromatic carbocycles. The molecule has 0 spiro atoms. The normalized spacial score (nSPS) is 27.4. The Labute approximate surface area is 176 Å². The predicted molar refractivity (Wildman–Crippen MR) is 101 cm³/mol. The Balaban J connectivity index is 1.88. The number of methoxy groups -OCH3 is 3. The van der Waals surface area contributed by atoms with Crippen LogP contribution < -0.4 is 14.2 Å². The van der Waals surface area contributed by atoms with Crippen molar-refractivity contribution in [2.75, 3.05) is 27.7 Å². The van der Waals surface area contributed by atoms with Crippen molar-refractivity contribution in [2.45, 2.75) is 18.4 Å². The van der Waals surface area contributed by atoms with Crippen molar-refractivity contribution in [1.82, 2.24) is 0 Å². The lowest BCUT2D eigenvalue weighted by molar-refractivity contribution is -0.154.